The Bertz CT molecular complexity index is 714. The summed E-state index contributed by atoms with van der Waals surface area (Å²) in [6.07, 6.45) is 0.218. The lowest BCUT2D eigenvalue weighted by Gasteiger charge is -2.15. The van der Waals surface area contributed by atoms with Gasteiger partial charge in [-0.2, -0.15) is 0 Å². The highest BCUT2D eigenvalue weighted by atomic mass is 35.5. The normalized spacial score (nSPS) is 11.8. The number of ether oxygens (including phenoxy) is 2. The average Bonchev–Trinajstić information content (AvgIpc) is 2.52. The summed E-state index contributed by atoms with van der Waals surface area (Å²) in [5.41, 5.74) is 1.25. The number of phenolic OH excluding ortho intramolecular Hbond substituents is 1. The number of hydrogen-bond acceptors (Lipinski definition) is 4. The molecule has 0 fully saturated rings. The van der Waals surface area contributed by atoms with Crippen LogP contribution in [0.5, 0.6) is 17.2 Å². The maximum atomic E-state index is 11.6. The fourth-order valence-corrected chi connectivity index (χ4v) is 2.61. The van der Waals surface area contributed by atoms with Gasteiger partial charge in [-0.3, -0.25) is 4.79 Å². The molecular formula is C17H17ClO5. The van der Waals surface area contributed by atoms with Crippen molar-refractivity contribution < 1.29 is 24.5 Å². The van der Waals surface area contributed by atoms with Gasteiger partial charge in [0.1, 0.15) is 5.75 Å². The molecule has 0 radical (unpaired) electrons. The lowest BCUT2D eigenvalue weighted by Crippen LogP contribution is -2.14. The van der Waals surface area contributed by atoms with E-state index in [0.717, 1.165) is 0 Å². The highest BCUT2D eigenvalue weighted by Gasteiger charge is 2.22. The number of aromatic hydroxyl groups is 1. The Kier molecular flexibility index (Phi) is 5.34. The number of benzene rings is 2. The van der Waals surface area contributed by atoms with Crippen LogP contribution >= 0.6 is 11.6 Å². The summed E-state index contributed by atoms with van der Waals surface area (Å²) < 4.78 is 10.1. The van der Waals surface area contributed by atoms with Crippen LogP contribution in [0.1, 0.15) is 17.0 Å². The molecule has 1 atom stereocenters. The molecule has 0 aliphatic carbocycles. The Labute approximate surface area is 139 Å². The van der Waals surface area contributed by atoms with Crippen molar-refractivity contribution in [2.75, 3.05) is 14.2 Å². The first-order valence-corrected chi connectivity index (χ1v) is 7.26. The zero-order valence-corrected chi connectivity index (χ0v) is 13.5. The minimum atomic E-state index is -0.971. The summed E-state index contributed by atoms with van der Waals surface area (Å²) >= 11 is 6.07. The monoisotopic (exact) mass is 336 g/mol. The van der Waals surface area contributed by atoms with Gasteiger partial charge >= 0.3 is 5.97 Å². The van der Waals surface area contributed by atoms with Gasteiger partial charge < -0.3 is 19.7 Å². The second-order valence-corrected chi connectivity index (χ2v) is 5.40. The van der Waals surface area contributed by atoms with Crippen molar-refractivity contribution in [3.05, 3.63) is 52.5 Å². The van der Waals surface area contributed by atoms with Crippen molar-refractivity contribution in [3.63, 3.8) is 0 Å². The van der Waals surface area contributed by atoms with Gasteiger partial charge in [0.25, 0.3) is 0 Å². The molecule has 5 nitrogen and oxygen atoms in total. The summed E-state index contributed by atoms with van der Waals surface area (Å²) in [5.74, 6) is -0.954. The van der Waals surface area contributed by atoms with Crippen LogP contribution in [0.4, 0.5) is 0 Å². The van der Waals surface area contributed by atoms with Gasteiger partial charge in [-0.1, -0.05) is 23.7 Å². The van der Waals surface area contributed by atoms with Crippen LogP contribution in [-0.4, -0.2) is 30.4 Å². The van der Waals surface area contributed by atoms with Crippen LogP contribution in [0.25, 0.3) is 0 Å². The fourth-order valence-electron chi connectivity index (χ4n) is 2.35. The third kappa shape index (κ3) is 3.87. The van der Waals surface area contributed by atoms with E-state index in [1.165, 1.54) is 20.3 Å². The molecule has 2 aromatic carbocycles. The van der Waals surface area contributed by atoms with E-state index in [-0.39, 0.29) is 12.2 Å². The van der Waals surface area contributed by atoms with Crippen LogP contribution in [0.3, 0.4) is 0 Å². The standard InChI is InChI=1S/C17H17ClO5/c1-22-15-6-4-11(9-13(15)18)12(17(20)21)7-10-3-5-16(23-2)14(19)8-10/h3-6,8-9,12,19H,7H2,1-2H3,(H,20,21). The molecule has 2 aromatic rings. The summed E-state index contributed by atoms with van der Waals surface area (Å²) in [6, 6.07) is 9.72. The summed E-state index contributed by atoms with van der Waals surface area (Å²) in [6.45, 7) is 0. The zero-order valence-electron chi connectivity index (χ0n) is 12.7. The zero-order chi connectivity index (χ0) is 17.0. The quantitative estimate of drug-likeness (QED) is 0.844. The molecule has 0 aromatic heterocycles. The number of rotatable bonds is 6. The summed E-state index contributed by atoms with van der Waals surface area (Å²) in [7, 11) is 2.95. The van der Waals surface area contributed by atoms with Crippen molar-refractivity contribution in [1.82, 2.24) is 0 Å². The first kappa shape index (κ1) is 17.0. The van der Waals surface area contributed by atoms with E-state index in [0.29, 0.717) is 27.6 Å². The average molecular weight is 337 g/mol. The molecule has 1 unspecified atom stereocenters. The number of phenols is 1. The molecule has 0 bridgehead atoms. The van der Waals surface area contributed by atoms with Gasteiger partial charge in [0.15, 0.2) is 11.5 Å². The highest BCUT2D eigenvalue weighted by Crippen LogP contribution is 2.32. The Morgan fingerprint density at radius 2 is 1.78 bits per heavy atom. The molecule has 0 saturated heterocycles. The van der Waals surface area contributed by atoms with Crippen LogP contribution in [0.2, 0.25) is 5.02 Å². The van der Waals surface area contributed by atoms with Gasteiger partial charge in [-0.15, -0.1) is 0 Å². The third-order valence-corrected chi connectivity index (χ3v) is 3.85. The van der Waals surface area contributed by atoms with Crippen LogP contribution < -0.4 is 9.47 Å². The number of hydrogen-bond donors (Lipinski definition) is 2. The van der Waals surface area contributed by atoms with E-state index in [4.69, 9.17) is 21.1 Å². The van der Waals surface area contributed by atoms with E-state index in [9.17, 15) is 15.0 Å². The van der Waals surface area contributed by atoms with Gasteiger partial charge in [-0.05, 0) is 41.8 Å². The molecule has 0 amide bonds. The smallest absolute Gasteiger partial charge is 0.311 e. The molecule has 0 aliphatic rings. The molecule has 0 saturated carbocycles. The predicted octanol–water partition coefficient (Wildman–Crippen LogP) is 3.47. The Balaban J connectivity index is 2.30. The second-order valence-electron chi connectivity index (χ2n) is 5.00. The molecular weight excluding hydrogens is 320 g/mol. The van der Waals surface area contributed by atoms with Crippen molar-refractivity contribution >= 4 is 17.6 Å². The predicted molar refractivity (Wildman–Crippen MR) is 86.7 cm³/mol. The molecule has 6 heteroatoms. The van der Waals surface area contributed by atoms with Crippen LogP contribution in [0.15, 0.2) is 36.4 Å². The number of carbonyl (C=O) groups is 1. The van der Waals surface area contributed by atoms with Gasteiger partial charge in [0, 0.05) is 0 Å². The van der Waals surface area contributed by atoms with Gasteiger partial charge in [0.2, 0.25) is 0 Å². The molecule has 0 aliphatic heterocycles. The minimum absolute atomic E-state index is 0.0260. The maximum absolute atomic E-state index is 11.6. The number of halogens is 1. The molecule has 23 heavy (non-hydrogen) atoms. The van der Waals surface area contributed by atoms with Gasteiger partial charge in [0.05, 0.1) is 25.2 Å². The Morgan fingerprint density at radius 3 is 2.30 bits per heavy atom. The van der Waals surface area contributed by atoms with E-state index in [1.54, 1.807) is 30.3 Å². The molecule has 0 heterocycles. The Morgan fingerprint density at radius 1 is 1.13 bits per heavy atom. The van der Waals surface area contributed by atoms with Crippen molar-refractivity contribution in [2.24, 2.45) is 0 Å². The van der Waals surface area contributed by atoms with E-state index >= 15 is 0 Å². The maximum Gasteiger partial charge on any atom is 0.311 e. The minimum Gasteiger partial charge on any atom is -0.504 e. The summed E-state index contributed by atoms with van der Waals surface area (Å²) in [5, 5.41) is 19.7. The SMILES string of the molecule is COc1ccc(CC(C(=O)O)c2ccc(OC)c(Cl)c2)cc1O. The first-order chi connectivity index (χ1) is 11.0. The lowest BCUT2D eigenvalue weighted by atomic mass is 9.92. The van der Waals surface area contributed by atoms with E-state index < -0.39 is 11.9 Å². The summed E-state index contributed by atoms with van der Waals surface area (Å²) in [4.78, 5) is 11.6. The van der Waals surface area contributed by atoms with Gasteiger partial charge in [-0.25, -0.2) is 0 Å². The van der Waals surface area contributed by atoms with Crippen LogP contribution in [0, 0.1) is 0 Å². The van der Waals surface area contributed by atoms with E-state index in [1.807, 2.05) is 0 Å². The molecule has 122 valence electrons. The number of aliphatic carboxylic acids is 1. The molecule has 2 N–H and O–H groups in total. The van der Waals surface area contributed by atoms with Crippen molar-refractivity contribution in [1.29, 1.82) is 0 Å². The topological polar surface area (TPSA) is 76.0 Å². The Hall–Kier alpha value is -2.40. The highest BCUT2D eigenvalue weighted by molar-refractivity contribution is 6.32. The van der Waals surface area contributed by atoms with E-state index in [2.05, 4.69) is 0 Å². The molecule has 0 spiro atoms. The number of carboxylic acid groups (broad SMARTS) is 1. The largest absolute Gasteiger partial charge is 0.504 e. The number of carboxylic acids is 1. The second kappa shape index (κ2) is 7.24. The van der Waals surface area contributed by atoms with Crippen molar-refractivity contribution in [2.45, 2.75) is 12.3 Å². The fraction of sp³-hybridized carbons (Fsp3) is 0.235. The van der Waals surface area contributed by atoms with Crippen LogP contribution in [-0.2, 0) is 11.2 Å². The number of methoxy groups -OCH3 is 2. The lowest BCUT2D eigenvalue weighted by molar-refractivity contribution is -0.138. The third-order valence-electron chi connectivity index (χ3n) is 3.56. The molecule has 2 rings (SSSR count). The first-order valence-electron chi connectivity index (χ1n) is 6.88. The van der Waals surface area contributed by atoms with Crippen molar-refractivity contribution in [3.8, 4) is 17.2 Å².